The summed E-state index contributed by atoms with van der Waals surface area (Å²) in [6.07, 6.45) is 2.29. The van der Waals surface area contributed by atoms with Crippen LogP contribution in [-0.4, -0.2) is 37.0 Å². The summed E-state index contributed by atoms with van der Waals surface area (Å²) in [4.78, 5) is 15.9. The maximum absolute atomic E-state index is 12.0. The van der Waals surface area contributed by atoms with E-state index in [0.717, 1.165) is 50.3 Å². The van der Waals surface area contributed by atoms with Crippen LogP contribution >= 0.6 is 11.3 Å². The fourth-order valence-electron chi connectivity index (χ4n) is 3.13. The van der Waals surface area contributed by atoms with Crippen molar-refractivity contribution in [2.24, 2.45) is 5.92 Å². The van der Waals surface area contributed by atoms with Crippen LogP contribution in [0.2, 0.25) is 0 Å². The number of ether oxygens (including phenoxy) is 1. The smallest absolute Gasteiger partial charge is 0.257 e. The molecule has 134 valence electrons. The number of nitrogens with zero attached hydrogens (tertiary/aromatic N) is 1. The van der Waals surface area contributed by atoms with E-state index in [9.17, 15) is 4.79 Å². The summed E-state index contributed by atoms with van der Waals surface area (Å²) >= 11 is 1.82. The van der Waals surface area contributed by atoms with Gasteiger partial charge in [0.15, 0.2) is 6.61 Å². The van der Waals surface area contributed by atoms with E-state index in [2.05, 4.69) is 27.7 Å². The zero-order chi connectivity index (χ0) is 17.5. The van der Waals surface area contributed by atoms with E-state index < -0.39 is 0 Å². The average Bonchev–Trinajstić information content (AvgIpc) is 3.12. The lowest BCUT2D eigenvalue weighted by Gasteiger charge is -2.31. The molecule has 2 heterocycles. The Bertz CT molecular complexity index is 664. The highest BCUT2D eigenvalue weighted by Gasteiger charge is 2.20. The van der Waals surface area contributed by atoms with Crippen LogP contribution in [-0.2, 0) is 11.3 Å². The second-order valence-electron chi connectivity index (χ2n) is 6.71. The van der Waals surface area contributed by atoms with Crippen LogP contribution in [0.15, 0.2) is 41.8 Å². The number of aryl methyl sites for hydroxylation is 1. The Morgan fingerprint density at radius 2 is 2.12 bits per heavy atom. The summed E-state index contributed by atoms with van der Waals surface area (Å²) < 4.78 is 5.55. The maximum Gasteiger partial charge on any atom is 0.257 e. The van der Waals surface area contributed by atoms with E-state index in [4.69, 9.17) is 4.74 Å². The van der Waals surface area contributed by atoms with Gasteiger partial charge >= 0.3 is 0 Å². The van der Waals surface area contributed by atoms with Gasteiger partial charge in [-0.3, -0.25) is 9.69 Å². The van der Waals surface area contributed by atoms with Crippen molar-refractivity contribution in [3.05, 3.63) is 52.2 Å². The molecule has 0 bridgehead atoms. The molecular weight excluding hydrogens is 332 g/mol. The number of nitrogens with one attached hydrogen (secondary N) is 1. The van der Waals surface area contributed by atoms with Gasteiger partial charge < -0.3 is 10.1 Å². The lowest BCUT2D eigenvalue weighted by Crippen LogP contribution is -2.39. The fourth-order valence-corrected chi connectivity index (χ4v) is 3.88. The largest absolute Gasteiger partial charge is 0.484 e. The first-order valence-corrected chi connectivity index (χ1v) is 9.78. The summed E-state index contributed by atoms with van der Waals surface area (Å²) in [5.41, 5.74) is 1.13. The van der Waals surface area contributed by atoms with E-state index >= 15 is 0 Å². The predicted octanol–water partition coefficient (Wildman–Crippen LogP) is 3.46. The quantitative estimate of drug-likeness (QED) is 0.824. The van der Waals surface area contributed by atoms with Gasteiger partial charge in [-0.2, -0.15) is 0 Å². The van der Waals surface area contributed by atoms with E-state index in [1.54, 1.807) is 0 Å². The van der Waals surface area contributed by atoms with Gasteiger partial charge in [0.05, 0.1) is 0 Å². The number of piperidine rings is 1. The summed E-state index contributed by atoms with van der Waals surface area (Å²) in [6.45, 7) is 6.12. The molecule has 0 saturated carbocycles. The molecule has 2 aromatic rings. The van der Waals surface area contributed by atoms with Crippen molar-refractivity contribution in [1.82, 2.24) is 10.2 Å². The average molecular weight is 359 g/mol. The molecule has 0 atom stereocenters. The van der Waals surface area contributed by atoms with Crippen LogP contribution in [0.4, 0.5) is 0 Å². The number of amides is 1. The molecule has 1 fully saturated rings. The van der Waals surface area contributed by atoms with Crippen molar-refractivity contribution in [1.29, 1.82) is 0 Å². The molecule has 0 spiro atoms. The Hall–Kier alpha value is -1.85. The van der Waals surface area contributed by atoms with E-state index in [-0.39, 0.29) is 12.5 Å². The molecule has 0 unspecified atom stereocenters. The first kappa shape index (κ1) is 18.0. The molecule has 4 nitrogen and oxygen atoms in total. The van der Waals surface area contributed by atoms with Crippen molar-refractivity contribution < 1.29 is 9.53 Å². The minimum atomic E-state index is -0.0393. The Morgan fingerprint density at radius 1 is 1.28 bits per heavy atom. The predicted molar refractivity (Wildman–Crippen MR) is 102 cm³/mol. The molecule has 25 heavy (non-hydrogen) atoms. The molecule has 0 radical (unpaired) electrons. The SMILES string of the molecule is Cc1cccc(OCC(=O)NCC2CCN(Cc3cccs3)CC2)c1. The van der Waals surface area contributed by atoms with Gasteiger partial charge in [0.25, 0.3) is 5.91 Å². The highest BCUT2D eigenvalue weighted by Crippen LogP contribution is 2.20. The van der Waals surface area contributed by atoms with Crippen molar-refractivity contribution in [2.75, 3.05) is 26.2 Å². The fraction of sp³-hybridized carbons (Fsp3) is 0.450. The van der Waals surface area contributed by atoms with Gasteiger partial charge in [0, 0.05) is 18.0 Å². The second kappa shape index (κ2) is 9.02. The lowest BCUT2D eigenvalue weighted by molar-refractivity contribution is -0.123. The lowest BCUT2D eigenvalue weighted by atomic mass is 9.97. The summed E-state index contributed by atoms with van der Waals surface area (Å²) in [7, 11) is 0. The van der Waals surface area contributed by atoms with Crippen molar-refractivity contribution >= 4 is 17.2 Å². The first-order valence-electron chi connectivity index (χ1n) is 8.90. The molecule has 1 aromatic carbocycles. The van der Waals surface area contributed by atoms with Gasteiger partial charge in [-0.25, -0.2) is 0 Å². The van der Waals surface area contributed by atoms with Crippen LogP contribution in [0.25, 0.3) is 0 Å². The number of carbonyl (C=O) groups is 1. The third-order valence-electron chi connectivity index (χ3n) is 4.61. The van der Waals surface area contributed by atoms with E-state index in [1.165, 1.54) is 4.88 Å². The van der Waals surface area contributed by atoms with E-state index in [0.29, 0.717) is 5.92 Å². The van der Waals surface area contributed by atoms with Crippen LogP contribution in [0.1, 0.15) is 23.3 Å². The minimum absolute atomic E-state index is 0.0393. The second-order valence-corrected chi connectivity index (χ2v) is 7.74. The zero-order valence-electron chi connectivity index (χ0n) is 14.7. The number of benzene rings is 1. The van der Waals surface area contributed by atoms with Crippen molar-refractivity contribution in [3.8, 4) is 5.75 Å². The van der Waals surface area contributed by atoms with Gasteiger partial charge in [-0.05, 0) is 67.9 Å². The molecule has 1 aliphatic rings. The number of hydrogen-bond donors (Lipinski definition) is 1. The number of hydrogen-bond acceptors (Lipinski definition) is 4. The van der Waals surface area contributed by atoms with Crippen LogP contribution in [0, 0.1) is 12.8 Å². The number of likely N-dealkylation sites (tertiary alicyclic amines) is 1. The summed E-state index contributed by atoms with van der Waals surface area (Å²) in [5.74, 6) is 1.28. The number of rotatable bonds is 7. The Kier molecular flexibility index (Phi) is 6.48. The Morgan fingerprint density at radius 3 is 2.84 bits per heavy atom. The van der Waals surface area contributed by atoms with Crippen LogP contribution < -0.4 is 10.1 Å². The molecule has 1 saturated heterocycles. The Labute approximate surface area is 153 Å². The normalized spacial score (nSPS) is 15.9. The van der Waals surface area contributed by atoms with E-state index in [1.807, 2.05) is 42.5 Å². The number of carbonyl (C=O) groups excluding carboxylic acids is 1. The van der Waals surface area contributed by atoms with Crippen molar-refractivity contribution in [3.63, 3.8) is 0 Å². The highest BCUT2D eigenvalue weighted by molar-refractivity contribution is 7.09. The van der Waals surface area contributed by atoms with Crippen LogP contribution in [0.3, 0.4) is 0 Å². The zero-order valence-corrected chi connectivity index (χ0v) is 15.6. The highest BCUT2D eigenvalue weighted by atomic mass is 32.1. The van der Waals surface area contributed by atoms with Gasteiger partial charge in [0.1, 0.15) is 5.75 Å². The molecular formula is C20H26N2O2S. The first-order chi connectivity index (χ1) is 12.2. The minimum Gasteiger partial charge on any atom is -0.484 e. The van der Waals surface area contributed by atoms with Crippen molar-refractivity contribution in [2.45, 2.75) is 26.3 Å². The van der Waals surface area contributed by atoms with Crippen LogP contribution in [0.5, 0.6) is 5.75 Å². The third-order valence-corrected chi connectivity index (χ3v) is 5.48. The molecule has 1 aliphatic heterocycles. The maximum atomic E-state index is 12.0. The number of thiophene rings is 1. The third kappa shape index (κ3) is 5.87. The molecule has 0 aliphatic carbocycles. The topological polar surface area (TPSA) is 41.6 Å². The molecule has 5 heteroatoms. The molecule has 1 N–H and O–H groups in total. The monoisotopic (exact) mass is 358 g/mol. The Balaban J connectivity index is 1.32. The molecule has 3 rings (SSSR count). The molecule has 1 aromatic heterocycles. The molecule has 1 amide bonds. The van der Waals surface area contributed by atoms with Gasteiger partial charge in [-0.15, -0.1) is 11.3 Å². The van der Waals surface area contributed by atoms with Gasteiger partial charge in [-0.1, -0.05) is 18.2 Å². The summed E-state index contributed by atoms with van der Waals surface area (Å²) in [6, 6.07) is 12.1. The summed E-state index contributed by atoms with van der Waals surface area (Å²) in [5, 5.41) is 5.15. The van der Waals surface area contributed by atoms with Gasteiger partial charge in [0.2, 0.25) is 0 Å². The standard InChI is InChI=1S/C20H26N2O2S/c1-16-4-2-5-18(12-16)24-15-20(23)21-13-17-7-9-22(10-8-17)14-19-6-3-11-25-19/h2-6,11-12,17H,7-10,13-15H2,1H3,(H,21,23).